The molecule has 0 saturated heterocycles. The zero-order chi connectivity index (χ0) is 25.4. The van der Waals surface area contributed by atoms with E-state index in [0.717, 1.165) is 36.5 Å². The van der Waals surface area contributed by atoms with Crippen molar-refractivity contribution >= 4 is 17.3 Å². The van der Waals surface area contributed by atoms with Crippen molar-refractivity contribution in [1.29, 1.82) is 0 Å². The van der Waals surface area contributed by atoms with Gasteiger partial charge in [-0.2, -0.15) is 13.2 Å². The number of hydrogen-bond donors (Lipinski definition) is 2. The molecule has 11 heteroatoms. The number of fused-ring (bicyclic) bond motifs is 4. The number of methoxy groups -OCH3 is 1. The number of benzene rings is 2. The van der Waals surface area contributed by atoms with Gasteiger partial charge in [0.1, 0.15) is 5.82 Å². The summed E-state index contributed by atoms with van der Waals surface area (Å²) < 4.78 is 46.6. The Balaban J connectivity index is 1.35. The van der Waals surface area contributed by atoms with E-state index >= 15 is 0 Å². The normalized spacial score (nSPS) is 22.4. The number of rotatable bonds is 3. The van der Waals surface area contributed by atoms with E-state index in [1.165, 1.54) is 11.0 Å². The minimum atomic E-state index is -4.43. The first-order chi connectivity index (χ1) is 17.2. The molecule has 36 heavy (non-hydrogen) atoms. The number of carbonyl (C=O) groups is 1. The van der Waals surface area contributed by atoms with Gasteiger partial charge in [0.15, 0.2) is 12.1 Å². The molecule has 3 aromatic rings. The summed E-state index contributed by atoms with van der Waals surface area (Å²) in [6.45, 7) is 2.11. The second kappa shape index (κ2) is 8.04. The molecule has 3 heterocycles. The average molecular weight is 499 g/mol. The lowest BCUT2D eigenvalue weighted by molar-refractivity contribution is -0.137. The monoisotopic (exact) mass is 499 g/mol. The summed E-state index contributed by atoms with van der Waals surface area (Å²) in [7, 11) is 1.68. The van der Waals surface area contributed by atoms with Crippen LogP contribution in [0.25, 0.3) is 5.69 Å². The van der Waals surface area contributed by atoms with E-state index in [0.29, 0.717) is 46.9 Å². The number of alkyl halides is 3. The fourth-order valence-electron chi connectivity index (χ4n) is 5.34. The van der Waals surface area contributed by atoms with Gasteiger partial charge in [0.2, 0.25) is 0 Å². The molecule has 2 aliphatic heterocycles. The van der Waals surface area contributed by atoms with E-state index in [4.69, 9.17) is 4.74 Å². The number of aliphatic hydroxyl groups excluding tert-OH is 1. The molecule has 0 spiro atoms. The van der Waals surface area contributed by atoms with Crippen LogP contribution in [0.4, 0.5) is 24.5 Å². The fraction of sp³-hybridized carbons (Fsp3) is 0.400. The number of anilines is 2. The molecule has 1 saturated carbocycles. The molecule has 1 unspecified atom stereocenters. The maximum Gasteiger partial charge on any atom is 0.416 e. The number of aliphatic hydroxyl groups is 1. The van der Waals surface area contributed by atoms with E-state index < -0.39 is 18.0 Å². The summed E-state index contributed by atoms with van der Waals surface area (Å²) in [5.74, 6) is 0.971. The molecule has 0 radical (unpaired) electrons. The predicted octanol–water partition coefficient (Wildman–Crippen LogP) is 4.11. The number of ether oxygens (including phenoxy) is 1. The second-order valence-electron chi connectivity index (χ2n) is 9.56. The number of halogens is 3. The highest BCUT2D eigenvalue weighted by Gasteiger charge is 2.38. The number of aromatic nitrogens is 3. The third-order valence-electron chi connectivity index (χ3n) is 7.40. The van der Waals surface area contributed by atoms with E-state index in [9.17, 15) is 23.1 Å². The van der Waals surface area contributed by atoms with E-state index in [-0.39, 0.29) is 17.9 Å². The van der Waals surface area contributed by atoms with Crippen molar-refractivity contribution in [1.82, 2.24) is 14.8 Å². The summed E-state index contributed by atoms with van der Waals surface area (Å²) in [6, 6.07) is 7.02. The Bertz CT molecular complexity index is 1380. The number of aryl methyl sites for hydroxylation is 1. The van der Waals surface area contributed by atoms with Crippen LogP contribution in [-0.2, 0) is 17.3 Å². The van der Waals surface area contributed by atoms with Gasteiger partial charge in [0, 0.05) is 30.8 Å². The average Bonchev–Trinajstić information content (AvgIpc) is 3.43. The van der Waals surface area contributed by atoms with Crippen molar-refractivity contribution in [2.45, 2.75) is 50.6 Å². The van der Waals surface area contributed by atoms with Crippen LogP contribution in [0.2, 0.25) is 0 Å². The number of hydrogen-bond acceptors (Lipinski definition) is 6. The molecule has 2 aromatic carbocycles. The van der Waals surface area contributed by atoms with Crippen LogP contribution in [0.15, 0.2) is 30.3 Å². The first-order valence-corrected chi connectivity index (χ1v) is 11.8. The number of nitrogens with zero attached hydrogens (tertiary/aromatic N) is 4. The molecule has 188 valence electrons. The molecule has 2 N–H and O–H groups in total. The highest BCUT2D eigenvalue weighted by atomic mass is 19.4. The van der Waals surface area contributed by atoms with Gasteiger partial charge in [-0.25, -0.2) is 0 Å². The lowest BCUT2D eigenvalue weighted by Crippen LogP contribution is -2.32. The molecule has 1 fully saturated rings. The summed E-state index contributed by atoms with van der Waals surface area (Å²) in [5, 5.41) is 22.2. The van der Waals surface area contributed by atoms with E-state index in [1.807, 2.05) is 17.6 Å². The van der Waals surface area contributed by atoms with Crippen LogP contribution in [0.1, 0.15) is 63.7 Å². The van der Waals surface area contributed by atoms with Gasteiger partial charge in [-0.3, -0.25) is 9.36 Å². The molecule has 3 aliphatic rings. The predicted molar refractivity (Wildman–Crippen MR) is 124 cm³/mol. The molecular weight excluding hydrogens is 475 g/mol. The number of carbonyl (C=O) groups excluding carboxylic acids is 1. The fourth-order valence-corrected chi connectivity index (χ4v) is 5.34. The minimum absolute atomic E-state index is 0.152. The van der Waals surface area contributed by atoms with E-state index in [1.54, 1.807) is 13.2 Å². The molecule has 1 atom stereocenters. The van der Waals surface area contributed by atoms with Crippen molar-refractivity contribution in [2.24, 2.45) is 0 Å². The van der Waals surface area contributed by atoms with Crippen molar-refractivity contribution < 1.29 is 27.8 Å². The van der Waals surface area contributed by atoms with Gasteiger partial charge in [-0.05, 0) is 67.6 Å². The summed E-state index contributed by atoms with van der Waals surface area (Å²) in [4.78, 5) is 15.1. The van der Waals surface area contributed by atoms with Gasteiger partial charge < -0.3 is 20.1 Å². The summed E-state index contributed by atoms with van der Waals surface area (Å²) in [5.41, 5.74) is 2.66. The first-order valence-electron chi connectivity index (χ1n) is 11.8. The molecule has 8 nitrogen and oxygen atoms in total. The Kier molecular flexibility index (Phi) is 5.13. The number of nitrogens with one attached hydrogen (secondary N) is 1. The lowest BCUT2D eigenvalue weighted by atomic mass is 9.81. The van der Waals surface area contributed by atoms with Gasteiger partial charge in [0.05, 0.1) is 23.0 Å². The van der Waals surface area contributed by atoms with Crippen LogP contribution < -0.4 is 10.2 Å². The highest BCUT2D eigenvalue weighted by Crippen LogP contribution is 2.43. The Morgan fingerprint density at radius 2 is 1.89 bits per heavy atom. The molecule has 0 bridgehead atoms. The van der Waals surface area contributed by atoms with Crippen LogP contribution in [0.3, 0.4) is 0 Å². The number of amides is 1. The van der Waals surface area contributed by atoms with Crippen LogP contribution in [-0.4, -0.2) is 45.5 Å². The standard InChI is InChI=1S/C25H24F3N5O3/c1-12-7-20-18(29-23(34)22-31-30-21(33(20)22)14-9-16(10-14)36-2)11-17(12)24(35)32-6-5-13-8-15(25(26,27)28)3-4-19(13)32/h3-4,7-8,11,14,16,23,29,34H,5-6,9-10H2,1-2H3. The zero-order valence-corrected chi connectivity index (χ0v) is 19.6. The van der Waals surface area contributed by atoms with Crippen molar-refractivity contribution in [2.75, 3.05) is 23.9 Å². The first kappa shape index (κ1) is 23.0. The maximum atomic E-state index is 13.5. The van der Waals surface area contributed by atoms with Gasteiger partial charge >= 0.3 is 6.18 Å². The van der Waals surface area contributed by atoms with Crippen molar-refractivity contribution in [3.8, 4) is 5.69 Å². The Morgan fingerprint density at radius 1 is 1.14 bits per heavy atom. The lowest BCUT2D eigenvalue weighted by Gasteiger charge is -2.35. The SMILES string of the molecule is COC1CC(c2nnc3n2-c2cc(C)c(C(=O)N4CCc5cc(C(F)(F)F)ccc54)cc2NC3O)C1. The van der Waals surface area contributed by atoms with Gasteiger partial charge in [-0.15, -0.1) is 10.2 Å². The Hall–Kier alpha value is -3.44. The van der Waals surface area contributed by atoms with E-state index in [2.05, 4.69) is 15.5 Å². The maximum absolute atomic E-state index is 13.5. The smallest absolute Gasteiger partial charge is 0.381 e. The Morgan fingerprint density at radius 3 is 2.61 bits per heavy atom. The molecule has 6 rings (SSSR count). The van der Waals surface area contributed by atoms with Crippen LogP contribution >= 0.6 is 0 Å². The minimum Gasteiger partial charge on any atom is -0.381 e. The molecule has 1 amide bonds. The topological polar surface area (TPSA) is 92.5 Å². The quantitative estimate of drug-likeness (QED) is 0.564. The molecule has 1 aromatic heterocycles. The van der Waals surface area contributed by atoms with Crippen LogP contribution in [0, 0.1) is 6.92 Å². The van der Waals surface area contributed by atoms with Crippen molar-refractivity contribution in [3.63, 3.8) is 0 Å². The third-order valence-corrected chi connectivity index (χ3v) is 7.40. The van der Waals surface area contributed by atoms with Crippen molar-refractivity contribution in [3.05, 3.63) is 64.2 Å². The van der Waals surface area contributed by atoms with Gasteiger partial charge in [0.25, 0.3) is 5.91 Å². The summed E-state index contributed by atoms with van der Waals surface area (Å²) in [6.07, 6.45) is -3.38. The largest absolute Gasteiger partial charge is 0.416 e. The molecule has 1 aliphatic carbocycles. The van der Waals surface area contributed by atoms with Crippen LogP contribution in [0.5, 0.6) is 0 Å². The summed E-state index contributed by atoms with van der Waals surface area (Å²) >= 11 is 0. The van der Waals surface area contributed by atoms with Gasteiger partial charge in [-0.1, -0.05) is 0 Å². The Labute approximate surface area is 204 Å². The zero-order valence-electron chi connectivity index (χ0n) is 19.6. The third kappa shape index (κ3) is 3.48. The second-order valence-corrected chi connectivity index (χ2v) is 9.56. The molecular formula is C25H24F3N5O3. The highest BCUT2D eigenvalue weighted by molar-refractivity contribution is 6.09.